The number of hydrogen-bond donors (Lipinski definition) is 2. The van der Waals surface area contributed by atoms with Crippen LogP contribution < -0.4 is 19.7 Å². The van der Waals surface area contributed by atoms with E-state index in [4.69, 9.17) is 9.47 Å². The first-order valence-corrected chi connectivity index (χ1v) is 7.24. The predicted octanol–water partition coefficient (Wildman–Crippen LogP) is -0.499. The van der Waals surface area contributed by atoms with E-state index in [1.807, 2.05) is 6.07 Å². The molecule has 1 saturated heterocycles. The zero-order valence-corrected chi connectivity index (χ0v) is 11.9. The number of nitrogens with one attached hydrogen (secondary N) is 1. The minimum atomic E-state index is 0.576. The fraction of sp³-hybridized carbons (Fsp3) is 0.600. The minimum Gasteiger partial charge on any atom is -0.497 e. The molecule has 2 heterocycles. The van der Waals surface area contributed by atoms with Crippen LogP contribution in [0.25, 0.3) is 0 Å². The standard InChI is InChI=1S/C15H22N2O2/c1-18-12-7-11-9-16-10-13(17-5-3-4-6-17)15(11)14(8-12)19-2/h7-8,13,16H,3-6,9-10H2,1-2H3/p+2/t13-/m1/s1. The average Bonchev–Trinajstić information content (AvgIpc) is 2.99. The molecule has 19 heavy (non-hydrogen) atoms. The Morgan fingerprint density at radius 1 is 1.16 bits per heavy atom. The lowest BCUT2D eigenvalue weighted by molar-refractivity contribution is -0.937. The first-order chi connectivity index (χ1) is 9.33. The number of hydrogen-bond acceptors (Lipinski definition) is 2. The van der Waals surface area contributed by atoms with Gasteiger partial charge in [-0.3, -0.25) is 0 Å². The molecule has 1 fully saturated rings. The van der Waals surface area contributed by atoms with Gasteiger partial charge in [0.05, 0.1) is 32.9 Å². The Balaban J connectivity index is 2.01. The summed E-state index contributed by atoms with van der Waals surface area (Å²) in [7, 11) is 3.49. The summed E-state index contributed by atoms with van der Waals surface area (Å²) in [6, 6.07) is 4.79. The third-order valence-electron chi connectivity index (χ3n) is 4.51. The number of methoxy groups -OCH3 is 2. The summed E-state index contributed by atoms with van der Waals surface area (Å²) in [5.41, 5.74) is 2.80. The van der Waals surface area contributed by atoms with Crippen molar-refractivity contribution < 1.29 is 19.7 Å². The number of benzene rings is 1. The number of likely N-dealkylation sites (tertiary alicyclic amines) is 1. The van der Waals surface area contributed by atoms with Crippen LogP contribution in [0.4, 0.5) is 0 Å². The topological polar surface area (TPSA) is 39.5 Å². The van der Waals surface area contributed by atoms with Crippen LogP contribution in [0.2, 0.25) is 0 Å². The maximum Gasteiger partial charge on any atom is 0.167 e. The van der Waals surface area contributed by atoms with Crippen LogP contribution >= 0.6 is 0 Å². The third-order valence-corrected chi connectivity index (χ3v) is 4.51. The van der Waals surface area contributed by atoms with Crippen molar-refractivity contribution in [3.8, 4) is 11.5 Å². The Morgan fingerprint density at radius 2 is 1.95 bits per heavy atom. The van der Waals surface area contributed by atoms with Gasteiger partial charge in [0, 0.05) is 24.5 Å². The van der Waals surface area contributed by atoms with E-state index in [0.29, 0.717) is 6.04 Å². The van der Waals surface area contributed by atoms with Gasteiger partial charge in [0.25, 0.3) is 0 Å². The minimum absolute atomic E-state index is 0.576. The van der Waals surface area contributed by atoms with Crippen LogP contribution in [0.1, 0.15) is 30.0 Å². The molecule has 3 rings (SSSR count). The van der Waals surface area contributed by atoms with E-state index in [-0.39, 0.29) is 0 Å². The normalized spacial score (nSPS) is 23.2. The summed E-state index contributed by atoms with van der Waals surface area (Å²) in [5, 5.41) is 2.41. The Morgan fingerprint density at radius 3 is 2.63 bits per heavy atom. The molecule has 104 valence electrons. The summed E-state index contributed by atoms with van der Waals surface area (Å²) in [6.45, 7) is 4.80. The largest absolute Gasteiger partial charge is 0.497 e. The Hall–Kier alpha value is -1.26. The van der Waals surface area contributed by atoms with E-state index in [1.165, 1.54) is 43.6 Å². The molecule has 0 radical (unpaired) electrons. The molecule has 4 heteroatoms. The molecular weight excluding hydrogens is 240 g/mol. The molecule has 1 aromatic rings. The van der Waals surface area contributed by atoms with Crippen molar-refractivity contribution in [1.82, 2.24) is 0 Å². The van der Waals surface area contributed by atoms with Crippen molar-refractivity contribution in [1.29, 1.82) is 0 Å². The molecule has 0 aliphatic carbocycles. The molecular formula is C15H24N2O2+2. The van der Waals surface area contributed by atoms with Gasteiger partial charge in [-0.2, -0.15) is 0 Å². The number of rotatable bonds is 3. The highest BCUT2D eigenvalue weighted by molar-refractivity contribution is 5.48. The van der Waals surface area contributed by atoms with Crippen LogP contribution in [0, 0.1) is 0 Å². The van der Waals surface area contributed by atoms with Gasteiger partial charge in [-0.25, -0.2) is 0 Å². The van der Waals surface area contributed by atoms with E-state index < -0.39 is 0 Å². The van der Waals surface area contributed by atoms with Gasteiger partial charge in [0.1, 0.15) is 24.6 Å². The van der Waals surface area contributed by atoms with Gasteiger partial charge in [-0.05, 0) is 6.07 Å². The highest BCUT2D eigenvalue weighted by Gasteiger charge is 2.36. The summed E-state index contributed by atoms with van der Waals surface area (Å²) < 4.78 is 11.0. The lowest BCUT2D eigenvalue weighted by Crippen LogP contribution is -3.13. The molecule has 0 unspecified atom stereocenters. The molecule has 4 nitrogen and oxygen atoms in total. The monoisotopic (exact) mass is 264 g/mol. The SMILES string of the molecule is COc1cc2c(c(OC)c1)[C@H]([NH+]1CCCC1)C[NH2+]C2. The van der Waals surface area contributed by atoms with Crippen molar-refractivity contribution in [3.63, 3.8) is 0 Å². The van der Waals surface area contributed by atoms with Gasteiger partial charge in [0.2, 0.25) is 0 Å². The van der Waals surface area contributed by atoms with Gasteiger partial charge >= 0.3 is 0 Å². The van der Waals surface area contributed by atoms with Crippen LogP contribution in [0.3, 0.4) is 0 Å². The smallest absolute Gasteiger partial charge is 0.167 e. The van der Waals surface area contributed by atoms with Crippen molar-refractivity contribution in [2.45, 2.75) is 25.4 Å². The van der Waals surface area contributed by atoms with Crippen molar-refractivity contribution in [2.24, 2.45) is 0 Å². The predicted molar refractivity (Wildman–Crippen MR) is 72.7 cm³/mol. The highest BCUT2D eigenvalue weighted by atomic mass is 16.5. The van der Waals surface area contributed by atoms with Crippen LogP contribution in [0.15, 0.2) is 12.1 Å². The molecule has 0 saturated carbocycles. The summed E-state index contributed by atoms with van der Waals surface area (Å²) in [4.78, 5) is 1.72. The van der Waals surface area contributed by atoms with Gasteiger partial charge in [-0.15, -0.1) is 0 Å². The number of fused-ring (bicyclic) bond motifs is 1. The van der Waals surface area contributed by atoms with Crippen LogP contribution in [-0.2, 0) is 6.54 Å². The Kier molecular flexibility index (Phi) is 3.62. The molecule has 0 aromatic heterocycles. The molecule has 3 N–H and O–H groups in total. The molecule has 0 amide bonds. The number of ether oxygens (including phenoxy) is 2. The van der Waals surface area contributed by atoms with E-state index in [9.17, 15) is 0 Å². The lowest BCUT2D eigenvalue weighted by atomic mass is 9.94. The second-order valence-corrected chi connectivity index (χ2v) is 5.55. The lowest BCUT2D eigenvalue weighted by Gasteiger charge is -2.30. The molecule has 1 aromatic carbocycles. The zero-order valence-electron chi connectivity index (χ0n) is 11.9. The molecule has 2 aliphatic rings. The molecule has 0 bridgehead atoms. The molecule has 0 spiro atoms. The Labute approximate surface area is 114 Å². The number of quaternary nitrogens is 2. The van der Waals surface area contributed by atoms with Crippen molar-refractivity contribution in [2.75, 3.05) is 33.9 Å². The van der Waals surface area contributed by atoms with Crippen LogP contribution in [-0.4, -0.2) is 33.9 Å². The summed E-state index contributed by atoms with van der Waals surface area (Å²) in [6.07, 6.45) is 2.72. The second-order valence-electron chi connectivity index (χ2n) is 5.55. The summed E-state index contributed by atoms with van der Waals surface area (Å²) >= 11 is 0. The van der Waals surface area contributed by atoms with Crippen molar-refractivity contribution in [3.05, 3.63) is 23.3 Å². The van der Waals surface area contributed by atoms with E-state index in [0.717, 1.165) is 18.0 Å². The van der Waals surface area contributed by atoms with Gasteiger partial charge < -0.3 is 19.7 Å². The zero-order chi connectivity index (χ0) is 13.2. The maximum absolute atomic E-state index is 5.64. The van der Waals surface area contributed by atoms with Crippen LogP contribution in [0.5, 0.6) is 11.5 Å². The molecule has 2 aliphatic heterocycles. The fourth-order valence-corrected chi connectivity index (χ4v) is 3.58. The van der Waals surface area contributed by atoms with E-state index in [1.54, 1.807) is 19.1 Å². The fourth-order valence-electron chi connectivity index (χ4n) is 3.58. The maximum atomic E-state index is 5.64. The number of nitrogens with two attached hydrogens (primary N) is 1. The van der Waals surface area contributed by atoms with Gasteiger partial charge in [0.15, 0.2) is 6.04 Å². The van der Waals surface area contributed by atoms with E-state index >= 15 is 0 Å². The second kappa shape index (κ2) is 5.39. The Bertz CT molecular complexity index is 438. The third kappa shape index (κ3) is 2.30. The van der Waals surface area contributed by atoms with Crippen molar-refractivity contribution >= 4 is 0 Å². The van der Waals surface area contributed by atoms with E-state index in [2.05, 4.69) is 11.4 Å². The van der Waals surface area contributed by atoms with Gasteiger partial charge in [-0.1, -0.05) is 0 Å². The quantitative estimate of drug-likeness (QED) is 0.773. The first-order valence-electron chi connectivity index (χ1n) is 7.24. The highest BCUT2D eigenvalue weighted by Crippen LogP contribution is 2.33. The first kappa shape index (κ1) is 12.8. The summed E-state index contributed by atoms with van der Waals surface area (Å²) in [5.74, 6) is 1.91. The molecule has 1 atom stereocenters. The average molecular weight is 264 g/mol.